The maximum atomic E-state index is 10.6. The minimum atomic E-state index is -0.408. The van der Waals surface area contributed by atoms with Gasteiger partial charge in [0.1, 0.15) is 12.4 Å². The van der Waals surface area contributed by atoms with Crippen molar-refractivity contribution in [2.75, 3.05) is 6.61 Å². The topological polar surface area (TPSA) is 52.6 Å². The molecule has 0 aliphatic rings. The van der Waals surface area contributed by atoms with E-state index in [2.05, 4.69) is 11.3 Å². The Hall–Kier alpha value is -1.84. The molecule has 0 amide bonds. The summed E-state index contributed by atoms with van der Waals surface area (Å²) >= 11 is 0. The van der Waals surface area contributed by atoms with Crippen LogP contribution in [0.5, 0.6) is 0 Å². The van der Waals surface area contributed by atoms with Crippen molar-refractivity contribution in [3.8, 4) is 0 Å². The van der Waals surface area contributed by atoms with Crippen LogP contribution in [0, 0.1) is 0 Å². The van der Waals surface area contributed by atoms with E-state index in [1.165, 1.54) is 19.9 Å². The van der Waals surface area contributed by atoms with E-state index in [-0.39, 0.29) is 12.6 Å². The molecule has 0 radical (unpaired) electrons. The van der Waals surface area contributed by atoms with Crippen LogP contribution in [0.1, 0.15) is 13.8 Å². The first-order valence-corrected chi connectivity index (χ1v) is 4.37. The SMILES string of the molecule is C=C/C(=C\C=C/COC(C)=O)OC(C)=O. The first-order chi connectivity index (χ1) is 7.06. The Morgan fingerprint density at radius 3 is 2.40 bits per heavy atom. The van der Waals surface area contributed by atoms with Crippen molar-refractivity contribution >= 4 is 11.9 Å². The zero-order valence-electron chi connectivity index (χ0n) is 8.86. The van der Waals surface area contributed by atoms with Crippen LogP contribution in [0.3, 0.4) is 0 Å². The Kier molecular flexibility index (Phi) is 6.63. The molecule has 0 rings (SSSR count). The second-order valence-corrected chi connectivity index (χ2v) is 2.60. The van der Waals surface area contributed by atoms with Crippen LogP contribution in [-0.2, 0) is 19.1 Å². The Bertz CT molecular complexity index is 300. The van der Waals surface area contributed by atoms with Crippen molar-refractivity contribution in [2.45, 2.75) is 13.8 Å². The normalized spacial score (nSPS) is 11.2. The van der Waals surface area contributed by atoms with Gasteiger partial charge in [-0.05, 0) is 18.2 Å². The number of esters is 2. The van der Waals surface area contributed by atoms with Crippen LogP contribution >= 0.6 is 0 Å². The van der Waals surface area contributed by atoms with Crippen LogP contribution < -0.4 is 0 Å². The zero-order valence-corrected chi connectivity index (χ0v) is 8.86. The van der Waals surface area contributed by atoms with E-state index >= 15 is 0 Å². The molecule has 0 aromatic rings. The van der Waals surface area contributed by atoms with Crippen LogP contribution in [0.25, 0.3) is 0 Å². The quantitative estimate of drug-likeness (QED) is 0.394. The monoisotopic (exact) mass is 210 g/mol. The fraction of sp³-hybridized carbons (Fsp3) is 0.273. The minimum absolute atomic E-state index is 0.191. The molecule has 0 aliphatic carbocycles. The Morgan fingerprint density at radius 1 is 1.27 bits per heavy atom. The summed E-state index contributed by atoms with van der Waals surface area (Å²) in [5.41, 5.74) is 0. The van der Waals surface area contributed by atoms with Crippen molar-refractivity contribution < 1.29 is 19.1 Å². The minimum Gasteiger partial charge on any atom is -0.462 e. The molecule has 0 atom stereocenters. The molecule has 15 heavy (non-hydrogen) atoms. The number of hydrogen-bond acceptors (Lipinski definition) is 4. The molecule has 0 unspecified atom stereocenters. The first-order valence-electron chi connectivity index (χ1n) is 4.37. The summed E-state index contributed by atoms with van der Waals surface area (Å²) in [4.78, 5) is 21.0. The van der Waals surface area contributed by atoms with Gasteiger partial charge in [-0.2, -0.15) is 0 Å². The highest BCUT2D eigenvalue weighted by Crippen LogP contribution is 1.99. The molecule has 0 N–H and O–H groups in total. The van der Waals surface area contributed by atoms with Gasteiger partial charge in [0.25, 0.3) is 0 Å². The van der Waals surface area contributed by atoms with E-state index in [1.54, 1.807) is 18.2 Å². The lowest BCUT2D eigenvalue weighted by atomic mass is 10.4. The van der Waals surface area contributed by atoms with E-state index in [0.29, 0.717) is 5.76 Å². The molecule has 0 fully saturated rings. The summed E-state index contributed by atoms with van der Waals surface area (Å²) in [5.74, 6) is -0.399. The molecule has 0 bridgehead atoms. The van der Waals surface area contributed by atoms with Gasteiger partial charge in [-0.3, -0.25) is 9.59 Å². The molecule has 0 aliphatic heterocycles. The molecular weight excluding hydrogens is 196 g/mol. The van der Waals surface area contributed by atoms with Crippen LogP contribution in [0.15, 0.2) is 36.6 Å². The van der Waals surface area contributed by atoms with Crippen LogP contribution in [0.2, 0.25) is 0 Å². The van der Waals surface area contributed by atoms with Gasteiger partial charge < -0.3 is 9.47 Å². The Balaban J connectivity index is 4.04. The highest BCUT2D eigenvalue weighted by atomic mass is 16.5. The van der Waals surface area contributed by atoms with Crippen molar-refractivity contribution in [2.24, 2.45) is 0 Å². The predicted octanol–water partition coefficient (Wildman–Crippen LogP) is 1.74. The summed E-state index contributed by atoms with van der Waals surface area (Å²) in [7, 11) is 0. The standard InChI is InChI=1S/C11H14O4/c1-4-11(15-10(3)13)7-5-6-8-14-9(2)12/h4-7H,1,8H2,2-3H3/b6-5-,11-7+. The lowest BCUT2D eigenvalue weighted by molar-refractivity contribution is -0.139. The van der Waals surface area contributed by atoms with Crippen LogP contribution in [-0.4, -0.2) is 18.5 Å². The maximum Gasteiger partial charge on any atom is 0.308 e. The number of carbonyl (C=O) groups excluding carboxylic acids is 2. The molecule has 0 aromatic carbocycles. The van der Waals surface area contributed by atoms with Gasteiger partial charge in [0.05, 0.1) is 0 Å². The number of rotatable bonds is 5. The zero-order chi connectivity index (χ0) is 11.7. The molecule has 4 nitrogen and oxygen atoms in total. The van der Waals surface area contributed by atoms with Gasteiger partial charge in [-0.15, -0.1) is 0 Å². The lowest BCUT2D eigenvalue weighted by Gasteiger charge is -1.98. The average Bonchev–Trinajstić information content (AvgIpc) is 2.14. The van der Waals surface area contributed by atoms with E-state index in [0.717, 1.165) is 0 Å². The molecule has 0 spiro atoms. The van der Waals surface area contributed by atoms with E-state index in [1.807, 2.05) is 0 Å². The van der Waals surface area contributed by atoms with Gasteiger partial charge >= 0.3 is 11.9 Å². The smallest absolute Gasteiger partial charge is 0.308 e. The largest absolute Gasteiger partial charge is 0.462 e. The summed E-state index contributed by atoms with van der Waals surface area (Å²) in [6.45, 7) is 6.30. The average molecular weight is 210 g/mol. The molecule has 0 aromatic heterocycles. The summed E-state index contributed by atoms with van der Waals surface area (Å²) in [5, 5.41) is 0. The third-order valence-corrected chi connectivity index (χ3v) is 1.24. The number of carbonyl (C=O) groups is 2. The van der Waals surface area contributed by atoms with Gasteiger partial charge in [-0.25, -0.2) is 0 Å². The Labute approximate surface area is 88.9 Å². The second kappa shape index (κ2) is 7.55. The molecule has 0 heterocycles. The number of ether oxygens (including phenoxy) is 2. The van der Waals surface area contributed by atoms with Gasteiger partial charge in [-0.1, -0.05) is 12.7 Å². The molecular formula is C11H14O4. The summed E-state index contributed by atoms with van der Waals surface area (Å²) in [6.07, 6.45) is 6.20. The van der Waals surface area contributed by atoms with Crippen LogP contribution in [0.4, 0.5) is 0 Å². The third-order valence-electron chi connectivity index (χ3n) is 1.24. The second-order valence-electron chi connectivity index (χ2n) is 2.60. The van der Waals surface area contributed by atoms with E-state index in [9.17, 15) is 9.59 Å². The number of allylic oxidation sites excluding steroid dienone is 3. The van der Waals surface area contributed by atoms with Crippen molar-refractivity contribution in [1.29, 1.82) is 0 Å². The van der Waals surface area contributed by atoms with Crippen molar-refractivity contribution in [1.82, 2.24) is 0 Å². The fourth-order valence-corrected chi connectivity index (χ4v) is 0.694. The predicted molar refractivity (Wildman–Crippen MR) is 55.8 cm³/mol. The van der Waals surface area contributed by atoms with Gasteiger partial charge in [0.15, 0.2) is 0 Å². The van der Waals surface area contributed by atoms with Gasteiger partial charge in [0, 0.05) is 13.8 Å². The lowest BCUT2D eigenvalue weighted by Crippen LogP contribution is -1.97. The summed E-state index contributed by atoms with van der Waals surface area (Å²) in [6, 6.07) is 0. The highest BCUT2D eigenvalue weighted by molar-refractivity contribution is 5.67. The first kappa shape index (κ1) is 13.2. The van der Waals surface area contributed by atoms with Crippen molar-refractivity contribution in [3.05, 3.63) is 36.6 Å². The molecule has 4 heteroatoms. The molecule has 82 valence electrons. The van der Waals surface area contributed by atoms with Gasteiger partial charge in [0.2, 0.25) is 0 Å². The summed E-state index contributed by atoms with van der Waals surface area (Å²) < 4.78 is 9.42. The van der Waals surface area contributed by atoms with E-state index in [4.69, 9.17) is 4.74 Å². The molecule has 0 saturated heterocycles. The fourth-order valence-electron chi connectivity index (χ4n) is 0.694. The maximum absolute atomic E-state index is 10.6. The third kappa shape index (κ3) is 8.49. The highest BCUT2D eigenvalue weighted by Gasteiger charge is 1.94. The Morgan fingerprint density at radius 2 is 1.93 bits per heavy atom. The molecule has 0 saturated carbocycles. The number of hydrogen-bond donors (Lipinski definition) is 0. The van der Waals surface area contributed by atoms with Crippen molar-refractivity contribution in [3.63, 3.8) is 0 Å². The van der Waals surface area contributed by atoms with E-state index < -0.39 is 5.97 Å².